The van der Waals surface area contributed by atoms with Gasteiger partial charge in [-0.15, -0.1) is 0 Å². The largest absolute Gasteiger partial charge is 0.350 e. The Labute approximate surface area is 95.8 Å². The average molecular weight is 222 g/mol. The van der Waals surface area contributed by atoms with Gasteiger partial charge in [0.2, 0.25) is 0 Å². The van der Waals surface area contributed by atoms with Crippen molar-refractivity contribution >= 4 is 6.03 Å². The van der Waals surface area contributed by atoms with Gasteiger partial charge in [0, 0.05) is 5.41 Å². The number of hydrogen-bond acceptors (Lipinski definition) is 2. The van der Waals surface area contributed by atoms with E-state index in [4.69, 9.17) is 5.73 Å². The summed E-state index contributed by atoms with van der Waals surface area (Å²) in [6.07, 6.45) is 6.08. The van der Waals surface area contributed by atoms with Crippen LogP contribution in [0.3, 0.4) is 0 Å². The first-order chi connectivity index (χ1) is 7.52. The molecule has 0 saturated heterocycles. The molecule has 0 aromatic carbocycles. The van der Waals surface area contributed by atoms with Crippen molar-refractivity contribution in [1.29, 1.82) is 0 Å². The zero-order chi connectivity index (χ0) is 11.8. The molecule has 88 valence electrons. The lowest BCUT2D eigenvalue weighted by molar-refractivity contribution is -0.0537. The molecule has 0 radical (unpaired) electrons. The van der Waals surface area contributed by atoms with Crippen LogP contribution in [0, 0.1) is 23.2 Å². The van der Waals surface area contributed by atoms with Crippen LogP contribution in [-0.2, 0) is 0 Å². The fourth-order valence-electron chi connectivity index (χ4n) is 2.88. The van der Waals surface area contributed by atoms with Crippen molar-refractivity contribution in [2.24, 2.45) is 17.1 Å². The van der Waals surface area contributed by atoms with E-state index in [0.717, 1.165) is 5.92 Å². The van der Waals surface area contributed by atoms with E-state index < -0.39 is 12.1 Å². The first-order valence-corrected chi connectivity index (χ1v) is 5.83. The van der Waals surface area contributed by atoms with Crippen molar-refractivity contribution in [3.05, 3.63) is 0 Å². The van der Waals surface area contributed by atoms with Crippen LogP contribution in [0.5, 0.6) is 0 Å². The van der Waals surface area contributed by atoms with Crippen LogP contribution in [0.1, 0.15) is 39.0 Å². The summed E-state index contributed by atoms with van der Waals surface area (Å²) in [6, 6.07) is -1.37. The fourth-order valence-corrected chi connectivity index (χ4v) is 2.88. The highest BCUT2D eigenvalue weighted by Crippen LogP contribution is 2.53. The molecule has 2 saturated carbocycles. The van der Waals surface area contributed by atoms with E-state index in [0.29, 0.717) is 5.06 Å². The molecular weight excluding hydrogens is 204 g/mol. The molecular formula is C12H18N2O2. The molecule has 0 aromatic heterocycles. The van der Waals surface area contributed by atoms with Crippen molar-refractivity contribution in [2.45, 2.75) is 45.1 Å². The van der Waals surface area contributed by atoms with E-state index in [1.54, 1.807) is 6.92 Å². The molecule has 0 aliphatic heterocycles. The summed E-state index contributed by atoms with van der Waals surface area (Å²) in [4.78, 5) is 10.7. The number of carbonyl (C=O) groups is 1. The van der Waals surface area contributed by atoms with Crippen molar-refractivity contribution in [3.63, 3.8) is 0 Å². The van der Waals surface area contributed by atoms with Gasteiger partial charge in [-0.2, -0.15) is 5.06 Å². The van der Waals surface area contributed by atoms with Gasteiger partial charge in [-0.1, -0.05) is 11.8 Å². The summed E-state index contributed by atoms with van der Waals surface area (Å²) >= 11 is 0. The maximum atomic E-state index is 10.7. The summed E-state index contributed by atoms with van der Waals surface area (Å²) in [7, 11) is 0. The van der Waals surface area contributed by atoms with Crippen molar-refractivity contribution in [2.75, 3.05) is 0 Å². The number of hydrogen-bond donors (Lipinski definition) is 2. The highest BCUT2D eigenvalue weighted by molar-refractivity contribution is 5.71. The van der Waals surface area contributed by atoms with Gasteiger partial charge >= 0.3 is 6.03 Å². The first-order valence-electron chi connectivity index (χ1n) is 5.83. The number of nitrogens with zero attached hydrogens (tertiary/aromatic N) is 1. The van der Waals surface area contributed by atoms with E-state index in [9.17, 15) is 10.0 Å². The summed E-state index contributed by atoms with van der Waals surface area (Å²) in [5.74, 6) is 7.06. The van der Waals surface area contributed by atoms with Crippen LogP contribution in [0.2, 0.25) is 0 Å². The van der Waals surface area contributed by atoms with Gasteiger partial charge in [0.25, 0.3) is 0 Å². The number of rotatable bonds is 1. The minimum absolute atomic E-state index is 0.164. The zero-order valence-corrected chi connectivity index (χ0v) is 9.57. The van der Waals surface area contributed by atoms with Gasteiger partial charge < -0.3 is 5.73 Å². The van der Waals surface area contributed by atoms with Gasteiger partial charge in [-0.3, -0.25) is 5.21 Å². The summed E-state index contributed by atoms with van der Waals surface area (Å²) in [5, 5.41) is 9.78. The molecule has 1 unspecified atom stereocenters. The molecule has 2 rings (SSSR count). The third kappa shape index (κ3) is 2.00. The van der Waals surface area contributed by atoms with Crippen LogP contribution in [0.25, 0.3) is 0 Å². The average Bonchev–Trinajstić information content (AvgIpc) is 2.85. The van der Waals surface area contributed by atoms with E-state index in [1.165, 1.54) is 32.1 Å². The van der Waals surface area contributed by atoms with Crippen LogP contribution in [-0.4, -0.2) is 22.3 Å². The molecule has 16 heavy (non-hydrogen) atoms. The molecule has 0 spiro atoms. The Morgan fingerprint density at radius 1 is 1.56 bits per heavy atom. The smallest absolute Gasteiger partial charge is 0.339 e. The number of carbonyl (C=O) groups excluding carboxylic acids is 1. The predicted octanol–water partition coefficient (Wildman–Crippen LogP) is 1.73. The SMILES string of the molecule is CC(C#CC12CCC(CC1)C2)N(O)C(N)=O. The van der Waals surface area contributed by atoms with Crippen molar-refractivity contribution in [3.8, 4) is 11.8 Å². The van der Waals surface area contributed by atoms with Crippen LogP contribution < -0.4 is 5.73 Å². The zero-order valence-electron chi connectivity index (χ0n) is 9.57. The first kappa shape index (κ1) is 11.3. The number of fused-ring (bicyclic) bond motifs is 2. The van der Waals surface area contributed by atoms with Gasteiger partial charge in [0.15, 0.2) is 0 Å². The molecule has 2 bridgehead atoms. The Hall–Kier alpha value is -1.21. The third-order valence-electron chi connectivity index (χ3n) is 3.88. The van der Waals surface area contributed by atoms with Crippen molar-refractivity contribution in [1.82, 2.24) is 5.06 Å². The second kappa shape index (κ2) is 3.99. The number of amides is 2. The lowest BCUT2D eigenvalue weighted by Crippen LogP contribution is -2.38. The third-order valence-corrected chi connectivity index (χ3v) is 3.88. The van der Waals surface area contributed by atoms with Crippen LogP contribution >= 0.6 is 0 Å². The van der Waals surface area contributed by atoms with Gasteiger partial charge in [0.05, 0.1) is 0 Å². The van der Waals surface area contributed by atoms with Gasteiger partial charge in [-0.25, -0.2) is 4.79 Å². The molecule has 1 atom stereocenters. The molecule has 4 heteroatoms. The molecule has 0 aromatic rings. The van der Waals surface area contributed by atoms with Gasteiger partial charge in [0.1, 0.15) is 6.04 Å². The highest BCUT2D eigenvalue weighted by atomic mass is 16.5. The Bertz CT molecular complexity index is 348. The topological polar surface area (TPSA) is 66.6 Å². The second-order valence-corrected chi connectivity index (χ2v) is 5.06. The minimum atomic E-state index is -0.852. The number of urea groups is 1. The van der Waals surface area contributed by atoms with Crippen LogP contribution in [0.15, 0.2) is 0 Å². The number of primary amides is 1. The minimum Gasteiger partial charge on any atom is -0.350 e. The van der Waals surface area contributed by atoms with E-state index in [-0.39, 0.29) is 5.41 Å². The summed E-state index contributed by atoms with van der Waals surface area (Å²) in [6.45, 7) is 1.68. The van der Waals surface area contributed by atoms with Gasteiger partial charge in [-0.05, 0) is 44.9 Å². The van der Waals surface area contributed by atoms with E-state index in [1.807, 2.05) is 0 Å². The Morgan fingerprint density at radius 2 is 2.19 bits per heavy atom. The highest BCUT2D eigenvalue weighted by Gasteiger charge is 2.43. The van der Waals surface area contributed by atoms with Crippen molar-refractivity contribution < 1.29 is 10.0 Å². The standard InChI is InChI=1S/C12H18N2O2/c1-9(14(16)11(13)15)2-5-12-6-3-10(8-12)4-7-12/h9-10,16H,3-4,6-8H2,1H3,(H2,13,15). The molecule has 2 amide bonds. The fraction of sp³-hybridized carbons (Fsp3) is 0.750. The predicted molar refractivity (Wildman–Crippen MR) is 59.5 cm³/mol. The maximum Gasteiger partial charge on any atom is 0.339 e. The Kier molecular flexibility index (Phi) is 2.81. The normalized spacial score (nSPS) is 33.0. The summed E-state index contributed by atoms with van der Waals surface area (Å²) in [5.41, 5.74) is 5.13. The lowest BCUT2D eigenvalue weighted by atomic mass is 9.85. The summed E-state index contributed by atoms with van der Waals surface area (Å²) < 4.78 is 0. The number of nitrogens with two attached hydrogens (primary N) is 1. The Morgan fingerprint density at radius 3 is 2.62 bits per heavy atom. The maximum absolute atomic E-state index is 10.7. The Balaban J connectivity index is 2.01. The van der Waals surface area contributed by atoms with E-state index in [2.05, 4.69) is 11.8 Å². The molecule has 3 N–H and O–H groups in total. The molecule has 2 fully saturated rings. The van der Waals surface area contributed by atoms with E-state index >= 15 is 0 Å². The number of hydroxylamine groups is 2. The quantitative estimate of drug-likeness (QED) is 0.403. The second-order valence-electron chi connectivity index (χ2n) is 5.06. The molecule has 0 heterocycles. The molecule has 4 nitrogen and oxygen atoms in total. The van der Waals surface area contributed by atoms with Crippen LogP contribution in [0.4, 0.5) is 4.79 Å². The monoisotopic (exact) mass is 222 g/mol. The lowest BCUT2D eigenvalue weighted by Gasteiger charge is -2.20. The molecule has 2 aliphatic carbocycles. The molecule has 2 aliphatic rings.